The lowest BCUT2D eigenvalue weighted by Gasteiger charge is -2.09. The number of hydrogen-bond donors (Lipinski definition) is 2. The summed E-state index contributed by atoms with van der Waals surface area (Å²) in [4.78, 5) is 11.8. The van der Waals surface area contributed by atoms with Gasteiger partial charge in [-0.25, -0.2) is 0 Å². The summed E-state index contributed by atoms with van der Waals surface area (Å²) in [6, 6.07) is 17.6. The van der Waals surface area contributed by atoms with Gasteiger partial charge in [-0.05, 0) is 36.2 Å². The number of nitrogens with one attached hydrogen (secondary N) is 2. The lowest BCUT2D eigenvalue weighted by atomic mass is 10.1. The summed E-state index contributed by atoms with van der Waals surface area (Å²) >= 11 is 0. The van der Waals surface area contributed by atoms with E-state index in [0.29, 0.717) is 13.2 Å². The molecule has 0 saturated heterocycles. The van der Waals surface area contributed by atoms with Crippen molar-refractivity contribution in [2.75, 3.05) is 25.0 Å². The van der Waals surface area contributed by atoms with E-state index in [1.807, 2.05) is 42.5 Å². The van der Waals surface area contributed by atoms with Crippen LogP contribution in [-0.2, 0) is 11.2 Å². The molecule has 2 aromatic rings. The van der Waals surface area contributed by atoms with Gasteiger partial charge in [0.15, 0.2) is 0 Å². The van der Waals surface area contributed by atoms with Crippen molar-refractivity contribution in [3.8, 4) is 5.75 Å². The number of carbonyl (C=O) groups excluding carboxylic acids is 1. The smallest absolute Gasteiger partial charge is 0.239 e. The number of anilines is 1. The van der Waals surface area contributed by atoms with E-state index in [-0.39, 0.29) is 12.5 Å². The summed E-state index contributed by atoms with van der Waals surface area (Å²) in [6.45, 7) is 4.98. The van der Waals surface area contributed by atoms with Crippen LogP contribution in [0, 0.1) is 0 Å². The third-order valence-electron chi connectivity index (χ3n) is 3.25. The summed E-state index contributed by atoms with van der Waals surface area (Å²) in [7, 11) is 0. The van der Waals surface area contributed by atoms with E-state index in [0.717, 1.165) is 17.9 Å². The van der Waals surface area contributed by atoms with Crippen molar-refractivity contribution in [1.82, 2.24) is 5.32 Å². The Balaban J connectivity index is 1.66. The molecular weight excluding hydrogens is 288 g/mol. The molecule has 23 heavy (non-hydrogen) atoms. The van der Waals surface area contributed by atoms with Gasteiger partial charge in [-0.1, -0.05) is 43.0 Å². The van der Waals surface area contributed by atoms with Crippen LogP contribution in [-0.4, -0.2) is 25.6 Å². The van der Waals surface area contributed by atoms with Crippen LogP contribution >= 0.6 is 0 Å². The highest BCUT2D eigenvalue weighted by molar-refractivity contribution is 5.80. The van der Waals surface area contributed by atoms with Crippen LogP contribution in [0.5, 0.6) is 5.75 Å². The maximum atomic E-state index is 11.8. The van der Waals surface area contributed by atoms with Crippen LogP contribution in [0.1, 0.15) is 5.56 Å². The van der Waals surface area contributed by atoms with Crippen molar-refractivity contribution < 1.29 is 9.53 Å². The number of ether oxygens (including phenoxy) is 1. The van der Waals surface area contributed by atoms with Gasteiger partial charge < -0.3 is 15.4 Å². The first-order valence-electron chi connectivity index (χ1n) is 7.66. The summed E-state index contributed by atoms with van der Waals surface area (Å²) in [5, 5.41) is 5.99. The predicted molar refractivity (Wildman–Crippen MR) is 93.8 cm³/mol. The summed E-state index contributed by atoms with van der Waals surface area (Å²) < 4.78 is 5.41. The maximum absolute atomic E-state index is 11.8. The molecule has 0 aromatic heterocycles. The molecule has 0 aliphatic rings. The quantitative estimate of drug-likeness (QED) is 0.700. The number of rotatable bonds is 9. The van der Waals surface area contributed by atoms with Crippen molar-refractivity contribution >= 4 is 11.6 Å². The predicted octanol–water partition coefficient (Wildman–Crippen LogP) is 3.02. The lowest BCUT2D eigenvalue weighted by molar-refractivity contribution is -0.119. The van der Waals surface area contributed by atoms with Crippen LogP contribution in [0.2, 0.25) is 0 Å². The molecule has 2 N–H and O–H groups in total. The zero-order chi connectivity index (χ0) is 16.3. The maximum Gasteiger partial charge on any atom is 0.239 e. The minimum absolute atomic E-state index is 0.0204. The first kappa shape index (κ1) is 16.6. The van der Waals surface area contributed by atoms with E-state index < -0.39 is 0 Å². The zero-order valence-electron chi connectivity index (χ0n) is 13.1. The lowest BCUT2D eigenvalue weighted by Crippen LogP contribution is -2.31. The molecule has 0 unspecified atom stereocenters. The van der Waals surface area contributed by atoms with Crippen LogP contribution in [0.4, 0.5) is 5.69 Å². The Labute approximate surface area is 137 Å². The van der Waals surface area contributed by atoms with E-state index >= 15 is 0 Å². The summed E-state index contributed by atoms with van der Waals surface area (Å²) in [5.41, 5.74) is 2.10. The molecule has 0 atom stereocenters. The second-order valence-electron chi connectivity index (χ2n) is 5.06. The van der Waals surface area contributed by atoms with Crippen molar-refractivity contribution in [2.24, 2.45) is 0 Å². The van der Waals surface area contributed by atoms with Gasteiger partial charge in [0.05, 0.1) is 6.54 Å². The van der Waals surface area contributed by atoms with Gasteiger partial charge in [0.25, 0.3) is 0 Å². The Kier molecular flexibility index (Phi) is 6.72. The molecule has 4 nitrogen and oxygen atoms in total. The molecule has 120 valence electrons. The van der Waals surface area contributed by atoms with E-state index in [1.54, 1.807) is 6.08 Å². The van der Waals surface area contributed by atoms with E-state index in [1.165, 1.54) is 5.56 Å². The fourth-order valence-corrected chi connectivity index (χ4v) is 2.06. The monoisotopic (exact) mass is 310 g/mol. The molecular formula is C19H22N2O2. The molecule has 2 rings (SSSR count). The fraction of sp³-hybridized carbons (Fsp3) is 0.211. The van der Waals surface area contributed by atoms with Gasteiger partial charge in [0, 0.05) is 12.2 Å². The Morgan fingerprint density at radius 2 is 1.83 bits per heavy atom. The van der Waals surface area contributed by atoms with Crippen molar-refractivity contribution in [1.29, 1.82) is 0 Å². The summed E-state index contributed by atoms with van der Waals surface area (Å²) in [5.74, 6) is 0.760. The average Bonchev–Trinajstić information content (AvgIpc) is 2.60. The number of benzene rings is 2. The molecule has 0 spiro atoms. The van der Waals surface area contributed by atoms with Gasteiger partial charge in [-0.2, -0.15) is 0 Å². The minimum atomic E-state index is -0.0204. The molecule has 0 aliphatic heterocycles. The molecule has 2 aromatic carbocycles. The Hall–Kier alpha value is -2.75. The normalized spacial score (nSPS) is 9.91. The van der Waals surface area contributed by atoms with Crippen molar-refractivity contribution in [3.63, 3.8) is 0 Å². The summed E-state index contributed by atoms with van der Waals surface area (Å²) in [6.07, 6.45) is 2.54. The van der Waals surface area contributed by atoms with Gasteiger partial charge in [0.1, 0.15) is 12.4 Å². The Bertz CT molecular complexity index is 609. The van der Waals surface area contributed by atoms with Crippen LogP contribution in [0.25, 0.3) is 0 Å². The molecule has 0 radical (unpaired) electrons. The third-order valence-corrected chi connectivity index (χ3v) is 3.25. The molecule has 0 saturated carbocycles. The van der Waals surface area contributed by atoms with Gasteiger partial charge in [0.2, 0.25) is 5.91 Å². The standard InChI is InChI=1S/C19H22N2O2/c1-2-14-23-18-10-8-17(9-11-18)21-15-19(22)20-13-12-16-6-4-3-5-7-16/h2-11,21H,1,12-15H2,(H,20,22). The van der Waals surface area contributed by atoms with E-state index in [9.17, 15) is 4.79 Å². The fourth-order valence-electron chi connectivity index (χ4n) is 2.06. The highest BCUT2D eigenvalue weighted by Crippen LogP contribution is 2.15. The van der Waals surface area contributed by atoms with Crippen molar-refractivity contribution in [3.05, 3.63) is 72.8 Å². The Morgan fingerprint density at radius 3 is 2.52 bits per heavy atom. The van der Waals surface area contributed by atoms with Gasteiger partial charge in [-0.3, -0.25) is 4.79 Å². The SMILES string of the molecule is C=CCOc1ccc(NCC(=O)NCCc2ccccc2)cc1. The number of hydrogen-bond acceptors (Lipinski definition) is 3. The molecule has 1 amide bonds. The van der Waals surface area contributed by atoms with E-state index in [2.05, 4.69) is 29.3 Å². The molecule has 0 bridgehead atoms. The molecule has 4 heteroatoms. The largest absolute Gasteiger partial charge is 0.490 e. The highest BCUT2D eigenvalue weighted by atomic mass is 16.5. The second kappa shape index (κ2) is 9.30. The number of amides is 1. The molecule has 0 heterocycles. The van der Waals surface area contributed by atoms with Gasteiger partial charge in [-0.15, -0.1) is 0 Å². The topological polar surface area (TPSA) is 50.4 Å². The minimum Gasteiger partial charge on any atom is -0.490 e. The highest BCUT2D eigenvalue weighted by Gasteiger charge is 2.01. The van der Waals surface area contributed by atoms with Gasteiger partial charge >= 0.3 is 0 Å². The van der Waals surface area contributed by atoms with Crippen LogP contribution in [0.3, 0.4) is 0 Å². The van der Waals surface area contributed by atoms with E-state index in [4.69, 9.17) is 4.74 Å². The molecule has 0 aliphatic carbocycles. The molecule has 0 fully saturated rings. The second-order valence-corrected chi connectivity index (χ2v) is 5.06. The van der Waals surface area contributed by atoms with Crippen LogP contribution < -0.4 is 15.4 Å². The average molecular weight is 310 g/mol. The zero-order valence-corrected chi connectivity index (χ0v) is 13.1. The first-order chi connectivity index (χ1) is 11.3. The first-order valence-corrected chi connectivity index (χ1v) is 7.66. The van der Waals surface area contributed by atoms with Crippen LogP contribution in [0.15, 0.2) is 67.3 Å². The number of carbonyl (C=O) groups is 1. The third kappa shape index (κ3) is 6.26. The Morgan fingerprint density at radius 1 is 1.09 bits per heavy atom. The van der Waals surface area contributed by atoms with Crippen molar-refractivity contribution in [2.45, 2.75) is 6.42 Å².